The van der Waals surface area contributed by atoms with E-state index in [2.05, 4.69) is 21.7 Å². The number of allylic oxidation sites excluding steroid dienone is 1. The van der Waals surface area contributed by atoms with Crippen LogP contribution in [0.4, 0.5) is 0 Å². The number of para-hydroxylation sites is 1. The van der Waals surface area contributed by atoms with Crippen LogP contribution in [0.1, 0.15) is 12.2 Å². The molecule has 102 valence electrons. The van der Waals surface area contributed by atoms with Gasteiger partial charge in [-0.05, 0) is 30.2 Å². The van der Waals surface area contributed by atoms with E-state index in [1.54, 1.807) is 29.7 Å². The fourth-order valence-corrected chi connectivity index (χ4v) is 3.73. The number of benzene rings is 1. The minimum atomic E-state index is 0.415. The third-order valence-corrected chi connectivity index (χ3v) is 4.99. The summed E-state index contributed by atoms with van der Waals surface area (Å²) in [6.07, 6.45) is 6.91. The average molecular weight is 302 g/mol. The first-order valence-electron chi connectivity index (χ1n) is 6.31. The van der Waals surface area contributed by atoms with E-state index in [1.165, 1.54) is 0 Å². The molecule has 3 nitrogen and oxygen atoms in total. The molecule has 2 heterocycles. The molecule has 5 heteroatoms. The maximum Gasteiger partial charge on any atom is 0.148 e. The number of thioether (sulfide) groups is 2. The predicted octanol–water partition coefficient (Wildman–Crippen LogP) is 4.55. The zero-order valence-electron chi connectivity index (χ0n) is 11.0. The van der Waals surface area contributed by atoms with E-state index in [4.69, 9.17) is 4.42 Å². The van der Waals surface area contributed by atoms with Crippen LogP contribution >= 0.6 is 23.5 Å². The van der Waals surface area contributed by atoms with Gasteiger partial charge >= 0.3 is 0 Å². The maximum atomic E-state index is 5.67. The van der Waals surface area contributed by atoms with Gasteiger partial charge in [-0.25, -0.2) is 0 Å². The minimum absolute atomic E-state index is 0.415. The molecule has 0 amide bonds. The summed E-state index contributed by atoms with van der Waals surface area (Å²) >= 11 is 3.45. The van der Waals surface area contributed by atoms with Crippen LogP contribution in [-0.4, -0.2) is 22.8 Å². The Hall–Kier alpha value is -1.46. The zero-order chi connectivity index (χ0) is 13.8. The quantitative estimate of drug-likeness (QED) is 0.474. The lowest BCUT2D eigenvalue weighted by Gasteiger charge is -2.07. The van der Waals surface area contributed by atoms with Crippen molar-refractivity contribution in [2.75, 3.05) is 6.26 Å². The van der Waals surface area contributed by atoms with Gasteiger partial charge in [0.2, 0.25) is 0 Å². The second-order valence-corrected chi connectivity index (χ2v) is 6.25. The van der Waals surface area contributed by atoms with Gasteiger partial charge < -0.3 is 4.42 Å². The van der Waals surface area contributed by atoms with Gasteiger partial charge in [0, 0.05) is 5.39 Å². The Labute approximate surface area is 126 Å². The van der Waals surface area contributed by atoms with Crippen molar-refractivity contribution >= 4 is 45.8 Å². The maximum absolute atomic E-state index is 5.67. The van der Waals surface area contributed by atoms with E-state index in [1.807, 2.05) is 36.6 Å². The first-order chi connectivity index (χ1) is 9.86. The molecule has 0 saturated heterocycles. The number of furan rings is 1. The summed E-state index contributed by atoms with van der Waals surface area (Å²) in [7, 11) is 0. The van der Waals surface area contributed by atoms with Crippen LogP contribution in [0.5, 0.6) is 0 Å². The van der Waals surface area contributed by atoms with Crippen molar-refractivity contribution in [1.29, 1.82) is 0 Å². The molecule has 0 bridgehead atoms. The van der Waals surface area contributed by atoms with Gasteiger partial charge in [-0.2, -0.15) is 5.10 Å². The molecule has 1 aromatic heterocycles. The molecule has 0 aliphatic carbocycles. The van der Waals surface area contributed by atoms with E-state index in [-0.39, 0.29) is 0 Å². The van der Waals surface area contributed by atoms with E-state index < -0.39 is 0 Å². The van der Waals surface area contributed by atoms with Crippen molar-refractivity contribution in [1.82, 2.24) is 0 Å². The number of fused-ring (bicyclic) bond motifs is 1. The van der Waals surface area contributed by atoms with Crippen LogP contribution < -0.4 is 0 Å². The number of hydrogen-bond acceptors (Lipinski definition) is 5. The molecule has 3 rings (SSSR count). The lowest BCUT2D eigenvalue weighted by Crippen LogP contribution is -2.09. The summed E-state index contributed by atoms with van der Waals surface area (Å²) in [5.74, 6) is 0.729. The highest BCUT2D eigenvalue weighted by Crippen LogP contribution is 2.28. The summed E-state index contributed by atoms with van der Waals surface area (Å²) in [6, 6.07) is 9.89. The molecule has 0 saturated carbocycles. The number of rotatable bonds is 3. The third-order valence-electron chi connectivity index (χ3n) is 2.96. The van der Waals surface area contributed by atoms with Crippen LogP contribution in [0.15, 0.2) is 56.4 Å². The van der Waals surface area contributed by atoms with Crippen LogP contribution in [0.2, 0.25) is 0 Å². The zero-order valence-corrected chi connectivity index (χ0v) is 12.7. The molecule has 0 fully saturated rings. The van der Waals surface area contributed by atoms with Crippen molar-refractivity contribution in [2.24, 2.45) is 10.2 Å². The first kappa shape index (κ1) is 13.5. The molecule has 0 spiro atoms. The second-order valence-electron chi connectivity index (χ2n) is 4.31. The Morgan fingerprint density at radius 1 is 1.45 bits per heavy atom. The molecule has 0 N–H and O–H groups in total. The Balaban J connectivity index is 1.75. The van der Waals surface area contributed by atoms with Crippen LogP contribution in [0.3, 0.4) is 0 Å². The van der Waals surface area contributed by atoms with Crippen molar-refractivity contribution in [3.8, 4) is 0 Å². The smallest absolute Gasteiger partial charge is 0.148 e. The molecule has 0 radical (unpaired) electrons. The Morgan fingerprint density at radius 2 is 2.35 bits per heavy atom. The molecule has 1 atom stereocenters. The number of hydrogen-bond donors (Lipinski definition) is 0. The largest absolute Gasteiger partial charge is 0.455 e. The molecule has 2 aromatic rings. The first-order valence-corrected chi connectivity index (χ1v) is 8.47. The Kier molecular flexibility index (Phi) is 4.28. The van der Waals surface area contributed by atoms with Gasteiger partial charge in [-0.15, -0.1) is 28.6 Å². The van der Waals surface area contributed by atoms with Gasteiger partial charge in [-0.3, -0.25) is 0 Å². The third kappa shape index (κ3) is 2.99. The van der Waals surface area contributed by atoms with Crippen molar-refractivity contribution < 1.29 is 4.42 Å². The normalized spacial score (nSPS) is 19.4. The van der Waals surface area contributed by atoms with Crippen LogP contribution in [-0.2, 0) is 0 Å². The monoisotopic (exact) mass is 302 g/mol. The van der Waals surface area contributed by atoms with Gasteiger partial charge in [0.15, 0.2) is 0 Å². The minimum Gasteiger partial charge on any atom is -0.455 e. The summed E-state index contributed by atoms with van der Waals surface area (Å²) < 4.78 is 5.67. The highest BCUT2D eigenvalue weighted by molar-refractivity contribution is 8.16. The van der Waals surface area contributed by atoms with E-state index >= 15 is 0 Å². The van der Waals surface area contributed by atoms with E-state index in [0.29, 0.717) is 5.25 Å². The van der Waals surface area contributed by atoms with Gasteiger partial charge in [0.1, 0.15) is 16.4 Å². The summed E-state index contributed by atoms with van der Waals surface area (Å²) in [4.78, 5) is 0. The summed E-state index contributed by atoms with van der Waals surface area (Å²) in [5.41, 5.74) is 0.874. The number of nitrogens with zero attached hydrogens (tertiary/aromatic N) is 2. The molecule has 1 aliphatic rings. The Morgan fingerprint density at radius 3 is 3.10 bits per heavy atom. The summed E-state index contributed by atoms with van der Waals surface area (Å²) in [5, 5.41) is 13.1. The molecular formula is C15H14N2OS2. The second kappa shape index (κ2) is 6.33. The van der Waals surface area contributed by atoms with Crippen molar-refractivity contribution in [3.05, 3.63) is 47.6 Å². The topological polar surface area (TPSA) is 37.9 Å². The van der Waals surface area contributed by atoms with Crippen molar-refractivity contribution in [3.63, 3.8) is 0 Å². The SMILES string of the molecule is CS/C(=N\N=Cc1cc2ccccc2o1)C1CC=CS1. The van der Waals surface area contributed by atoms with Crippen LogP contribution in [0.25, 0.3) is 11.0 Å². The van der Waals surface area contributed by atoms with E-state index in [0.717, 1.165) is 28.2 Å². The highest BCUT2D eigenvalue weighted by atomic mass is 32.2. The van der Waals surface area contributed by atoms with Crippen LogP contribution in [0, 0.1) is 0 Å². The fourth-order valence-electron chi connectivity index (χ4n) is 1.99. The lowest BCUT2D eigenvalue weighted by molar-refractivity contribution is 0.607. The molecule has 1 unspecified atom stereocenters. The Bertz CT molecular complexity index is 647. The molecule has 1 aromatic carbocycles. The summed E-state index contributed by atoms with van der Waals surface area (Å²) in [6.45, 7) is 0. The highest BCUT2D eigenvalue weighted by Gasteiger charge is 2.17. The molecular weight excluding hydrogens is 288 g/mol. The van der Waals surface area contributed by atoms with Gasteiger partial charge in [-0.1, -0.05) is 24.3 Å². The average Bonchev–Trinajstić information content (AvgIpc) is 3.12. The molecule has 20 heavy (non-hydrogen) atoms. The van der Waals surface area contributed by atoms with Crippen molar-refractivity contribution in [2.45, 2.75) is 11.7 Å². The van der Waals surface area contributed by atoms with Gasteiger partial charge in [0.05, 0.1) is 11.5 Å². The standard InChI is InChI=1S/C15H14N2OS2/c1-19-15(14-7-4-8-20-14)17-16-10-12-9-11-5-2-3-6-13(11)18-12/h2-6,8-10,14H,7H2,1H3/b16-10?,17-15-. The molecule has 1 aliphatic heterocycles. The lowest BCUT2D eigenvalue weighted by atomic mass is 10.2. The van der Waals surface area contributed by atoms with E-state index in [9.17, 15) is 0 Å². The predicted molar refractivity (Wildman–Crippen MR) is 89.9 cm³/mol. The fraction of sp³-hybridized carbons (Fsp3) is 0.200. The van der Waals surface area contributed by atoms with Gasteiger partial charge in [0.25, 0.3) is 0 Å².